The molecule has 0 saturated heterocycles. The average Bonchev–Trinajstić information content (AvgIpc) is 2.52. The summed E-state index contributed by atoms with van der Waals surface area (Å²) in [7, 11) is 0. The van der Waals surface area contributed by atoms with Gasteiger partial charge in [0.25, 0.3) is 17.3 Å². The Bertz CT molecular complexity index is 578. The fraction of sp³-hybridized carbons (Fsp3) is 0.462. The number of amides is 1. The second kappa shape index (κ2) is 8.03. The van der Waals surface area contributed by atoms with Crippen LogP contribution < -0.4 is 16.2 Å². The molecular weight excluding hydrogens is 306 g/mol. The first-order chi connectivity index (χ1) is 10.9. The lowest BCUT2D eigenvalue weighted by atomic mass is 10.1. The van der Waals surface area contributed by atoms with Gasteiger partial charge in [0.1, 0.15) is 0 Å². The van der Waals surface area contributed by atoms with Crippen molar-refractivity contribution in [2.24, 2.45) is 5.84 Å². The molecule has 0 heterocycles. The molecule has 1 aromatic rings. The predicted molar refractivity (Wildman–Crippen MR) is 84.2 cm³/mol. The summed E-state index contributed by atoms with van der Waals surface area (Å²) in [5, 5.41) is 22.7. The van der Waals surface area contributed by atoms with Crippen LogP contribution in [0.1, 0.15) is 37.0 Å². The van der Waals surface area contributed by atoms with Crippen LogP contribution in [0.2, 0.25) is 0 Å². The van der Waals surface area contributed by atoms with Crippen molar-refractivity contribution in [2.45, 2.75) is 26.7 Å². The van der Waals surface area contributed by atoms with E-state index in [1.54, 1.807) is 4.90 Å². The number of nitrogens with zero attached hydrogens (tertiary/aromatic N) is 3. The molecule has 10 heteroatoms. The molecule has 23 heavy (non-hydrogen) atoms. The van der Waals surface area contributed by atoms with Gasteiger partial charge in [0, 0.05) is 25.2 Å². The molecule has 126 valence electrons. The molecule has 0 unspecified atom stereocenters. The third kappa shape index (κ3) is 4.13. The number of nitrogens with two attached hydrogens (primary N) is 1. The van der Waals surface area contributed by atoms with E-state index < -0.39 is 27.1 Å². The summed E-state index contributed by atoms with van der Waals surface area (Å²) in [5.41, 5.74) is 0.522. The van der Waals surface area contributed by atoms with E-state index in [-0.39, 0.29) is 11.3 Å². The molecule has 0 spiro atoms. The quantitative estimate of drug-likeness (QED) is 0.320. The van der Waals surface area contributed by atoms with Gasteiger partial charge in [0.15, 0.2) is 5.69 Å². The zero-order chi connectivity index (χ0) is 17.6. The molecule has 0 aromatic heterocycles. The zero-order valence-corrected chi connectivity index (χ0v) is 12.9. The fourth-order valence-electron chi connectivity index (χ4n) is 2.30. The second-order valence-electron chi connectivity index (χ2n) is 4.84. The van der Waals surface area contributed by atoms with Crippen molar-refractivity contribution >= 4 is 23.0 Å². The highest BCUT2D eigenvalue weighted by Gasteiger charge is 2.31. The number of nitro benzene ring substituents is 2. The number of hydrogen-bond donors (Lipinski definition) is 2. The maximum Gasteiger partial charge on any atom is 0.300 e. The Morgan fingerprint density at radius 1 is 1.13 bits per heavy atom. The number of anilines is 1. The number of carbonyl (C=O) groups excluding carboxylic acids is 1. The van der Waals surface area contributed by atoms with Crippen LogP contribution in [-0.4, -0.2) is 28.8 Å². The van der Waals surface area contributed by atoms with Crippen LogP contribution in [0.5, 0.6) is 0 Å². The van der Waals surface area contributed by atoms with Gasteiger partial charge in [0.2, 0.25) is 0 Å². The number of rotatable bonds is 8. The van der Waals surface area contributed by atoms with Gasteiger partial charge in [-0.1, -0.05) is 13.8 Å². The maximum absolute atomic E-state index is 11.6. The SMILES string of the molecule is CCCN(CCC)c1c([N+](=O)[O-])cc(C(=O)NN)cc1[N+](=O)[O-]. The largest absolute Gasteiger partial charge is 0.360 e. The third-order valence-corrected chi connectivity index (χ3v) is 3.16. The van der Waals surface area contributed by atoms with Crippen LogP contribution in [0.15, 0.2) is 12.1 Å². The van der Waals surface area contributed by atoms with Gasteiger partial charge >= 0.3 is 0 Å². The number of nitrogen functional groups attached to an aromatic ring is 1. The Morgan fingerprint density at radius 3 is 1.87 bits per heavy atom. The minimum absolute atomic E-state index is 0.0859. The van der Waals surface area contributed by atoms with Crippen molar-refractivity contribution in [3.8, 4) is 0 Å². The Balaban J connectivity index is 3.66. The molecule has 1 amide bonds. The van der Waals surface area contributed by atoms with Crippen molar-refractivity contribution < 1.29 is 14.6 Å². The van der Waals surface area contributed by atoms with E-state index in [1.165, 1.54) is 0 Å². The number of carbonyl (C=O) groups is 1. The van der Waals surface area contributed by atoms with Gasteiger partial charge in [-0.3, -0.25) is 30.4 Å². The third-order valence-electron chi connectivity index (χ3n) is 3.16. The van der Waals surface area contributed by atoms with Crippen LogP contribution >= 0.6 is 0 Å². The van der Waals surface area contributed by atoms with E-state index in [4.69, 9.17) is 5.84 Å². The van der Waals surface area contributed by atoms with E-state index >= 15 is 0 Å². The highest BCUT2D eigenvalue weighted by Crippen LogP contribution is 2.39. The Kier molecular flexibility index (Phi) is 6.39. The van der Waals surface area contributed by atoms with Crippen LogP contribution in [0, 0.1) is 20.2 Å². The van der Waals surface area contributed by atoms with Crippen LogP contribution in [0.3, 0.4) is 0 Å². The van der Waals surface area contributed by atoms with Crippen molar-refractivity contribution in [1.29, 1.82) is 0 Å². The first-order valence-corrected chi connectivity index (χ1v) is 7.10. The second-order valence-corrected chi connectivity index (χ2v) is 4.84. The van der Waals surface area contributed by atoms with Gasteiger partial charge in [-0.05, 0) is 12.8 Å². The molecule has 0 bridgehead atoms. The lowest BCUT2D eigenvalue weighted by Gasteiger charge is -2.23. The summed E-state index contributed by atoms with van der Waals surface area (Å²) in [6.07, 6.45) is 1.33. The molecule has 0 aliphatic rings. The standard InChI is InChI=1S/C13H19N5O5/c1-3-5-16(6-4-2)12-10(17(20)21)7-9(13(19)15-14)8-11(12)18(22)23/h7-8H,3-6,14H2,1-2H3,(H,15,19). The van der Waals surface area contributed by atoms with E-state index in [9.17, 15) is 25.0 Å². The molecule has 0 aliphatic heterocycles. The van der Waals surface area contributed by atoms with Crippen LogP contribution in [0.25, 0.3) is 0 Å². The number of hydrogen-bond acceptors (Lipinski definition) is 7. The molecule has 0 radical (unpaired) electrons. The van der Waals surface area contributed by atoms with E-state index in [2.05, 4.69) is 0 Å². The molecule has 0 atom stereocenters. The molecular formula is C13H19N5O5. The topological polar surface area (TPSA) is 145 Å². The summed E-state index contributed by atoms with van der Waals surface area (Å²) >= 11 is 0. The number of nitro groups is 2. The normalized spacial score (nSPS) is 10.2. The Hall–Kier alpha value is -2.75. The van der Waals surface area contributed by atoms with Gasteiger partial charge in [-0.2, -0.15) is 0 Å². The number of benzene rings is 1. The summed E-state index contributed by atoms with van der Waals surface area (Å²) < 4.78 is 0. The predicted octanol–water partition coefficient (Wildman–Crippen LogP) is 1.73. The minimum Gasteiger partial charge on any atom is -0.360 e. The van der Waals surface area contributed by atoms with Gasteiger partial charge in [-0.15, -0.1) is 0 Å². The summed E-state index contributed by atoms with van der Waals surface area (Å²) in [6.45, 7) is 4.60. The lowest BCUT2D eigenvalue weighted by molar-refractivity contribution is -0.392. The Labute approximate surface area is 132 Å². The maximum atomic E-state index is 11.6. The first kappa shape index (κ1) is 18.3. The van der Waals surface area contributed by atoms with E-state index in [1.807, 2.05) is 19.3 Å². The number of hydrazine groups is 1. The Morgan fingerprint density at radius 2 is 1.57 bits per heavy atom. The van der Waals surface area contributed by atoms with E-state index in [0.717, 1.165) is 12.1 Å². The van der Waals surface area contributed by atoms with Crippen LogP contribution in [0.4, 0.5) is 17.1 Å². The first-order valence-electron chi connectivity index (χ1n) is 7.10. The molecule has 0 fully saturated rings. The van der Waals surface area contributed by atoms with E-state index in [0.29, 0.717) is 25.9 Å². The van der Waals surface area contributed by atoms with Crippen molar-refractivity contribution in [2.75, 3.05) is 18.0 Å². The van der Waals surface area contributed by atoms with Gasteiger partial charge in [-0.25, -0.2) is 5.84 Å². The molecule has 0 saturated carbocycles. The lowest BCUT2D eigenvalue weighted by Crippen LogP contribution is -2.31. The smallest absolute Gasteiger partial charge is 0.300 e. The van der Waals surface area contributed by atoms with Gasteiger partial charge < -0.3 is 4.90 Å². The minimum atomic E-state index is -0.833. The van der Waals surface area contributed by atoms with Crippen molar-refractivity contribution in [1.82, 2.24) is 5.43 Å². The summed E-state index contributed by atoms with van der Waals surface area (Å²) in [6, 6.07) is 2.01. The van der Waals surface area contributed by atoms with Gasteiger partial charge in [0.05, 0.1) is 15.4 Å². The van der Waals surface area contributed by atoms with Crippen LogP contribution in [-0.2, 0) is 0 Å². The monoisotopic (exact) mass is 325 g/mol. The van der Waals surface area contributed by atoms with Crippen molar-refractivity contribution in [3.05, 3.63) is 37.9 Å². The fourth-order valence-corrected chi connectivity index (χ4v) is 2.30. The molecule has 10 nitrogen and oxygen atoms in total. The molecule has 1 rings (SSSR count). The summed E-state index contributed by atoms with van der Waals surface area (Å²) in [4.78, 5) is 34.5. The highest BCUT2D eigenvalue weighted by molar-refractivity contribution is 5.97. The summed E-state index contributed by atoms with van der Waals surface area (Å²) in [5.74, 6) is 4.17. The average molecular weight is 325 g/mol. The van der Waals surface area contributed by atoms with Crippen molar-refractivity contribution in [3.63, 3.8) is 0 Å². The highest BCUT2D eigenvalue weighted by atomic mass is 16.6. The number of nitrogens with one attached hydrogen (secondary N) is 1. The molecule has 3 N–H and O–H groups in total. The molecule has 0 aliphatic carbocycles. The molecule has 1 aromatic carbocycles. The zero-order valence-electron chi connectivity index (χ0n) is 12.9.